The molecule has 0 aliphatic rings. The van der Waals surface area contributed by atoms with Crippen molar-refractivity contribution in [2.24, 2.45) is 0 Å². The van der Waals surface area contributed by atoms with Crippen LogP contribution in [0.25, 0.3) is 22.6 Å². The van der Waals surface area contributed by atoms with E-state index < -0.39 is 0 Å². The van der Waals surface area contributed by atoms with Gasteiger partial charge in [-0.25, -0.2) is 9.37 Å². The minimum absolute atomic E-state index is 0.322. The Balaban J connectivity index is 1.58. The maximum atomic E-state index is 13.0. The molecule has 0 unspecified atom stereocenters. The van der Waals surface area contributed by atoms with Gasteiger partial charge in [0.1, 0.15) is 28.6 Å². The number of aromatic nitrogens is 1. The van der Waals surface area contributed by atoms with E-state index in [1.54, 1.807) is 54.6 Å². The second-order valence-corrected chi connectivity index (χ2v) is 5.82. The molecule has 0 atom stereocenters. The summed E-state index contributed by atoms with van der Waals surface area (Å²) in [7, 11) is 0. The molecule has 0 fully saturated rings. The molecule has 0 spiro atoms. The summed E-state index contributed by atoms with van der Waals surface area (Å²) in [5.41, 5.74) is 2.00. The largest absolute Gasteiger partial charge is 0.457 e. The maximum Gasteiger partial charge on any atom is 0.308 e. The van der Waals surface area contributed by atoms with E-state index in [1.165, 1.54) is 19.1 Å². The fourth-order valence-electron chi connectivity index (χ4n) is 2.56. The summed E-state index contributed by atoms with van der Waals surface area (Å²) in [6.07, 6.45) is 0. The van der Waals surface area contributed by atoms with Crippen LogP contribution < -0.4 is 9.47 Å². The number of rotatable bonds is 4. The van der Waals surface area contributed by atoms with Gasteiger partial charge in [0.05, 0.1) is 0 Å². The average molecular weight is 363 g/mol. The van der Waals surface area contributed by atoms with Crippen LogP contribution in [0.1, 0.15) is 6.92 Å². The molecule has 0 N–H and O–H groups in total. The van der Waals surface area contributed by atoms with E-state index >= 15 is 0 Å². The molecule has 1 aromatic heterocycles. The van der Waals surface area contributed by atoms with Gasteiger partial charge in [0, 0.05) is 18.6 Å². The van der Waals surface area contributed by atoms with Crippen LogP contribution in [0.3, 0.4) is 0 Å². The Kier molecular flexibility index (Phi) is 4.30. The highest BCUT2D eigenvalue weighted by Crippen LogP contribution is 2.30. The Hall–Kier alpha value is -3.67. The highest BCUT2D eigenvalue weighted by Gasteiger charge is 2.10. The molecule has 4 aromatic rings. The van der Waals surface area contributed by atoms with Crippen LogP contribution >= 0.6 is 0 Å². The molecule has 3 aromatic carbocycles. The minimum Gasteiger partial charge on any atom is -0.457 e. The van der Waals surface area contributed by atoms with E-state index in [9.17, 15) is 9.18 Å². The Labute approximate surface area is 154 Å². The lowest BCUT2D eigenvalue weighted by Crippen LogP contribution is -2.00. The van der Waals surface area contributed by atoms with Crippen LogP contribution in [0.5, 0.6) is 17.2 Å². The van der Waals surface area contributed by atoms with E-state index in [0.29, 0.717) is 34.2 Å². The quantitative estimate of drug-likeness (QED) is 0.361. The highest BCUT2D eigenvalue weighted by molar-refractivity contribution is 5.78. The van der Waals surface area contributed by atoms with Crippen molar-refractivity contribution in [1.29, 1.82) is 0 Å². The van der Waals surface area contributed by atoms with E-state index in [4.69, 9.17) is 13.9 Å². The number of fused-ring (bicyclic) bond motifs is 1. The number of oxazole rings is 1. The van der Waals surface area contributed by atoms with Crippen molar-refractivity contribution in [3.05, 3.63) is 72.5 Å². The second-order valence-electron chi connectivity index (χ2n) is 5.82. The molecule has 0 radical (unpaired) electrons. The third-order valence-corrected chi connectivity index (χ3v) is 3.77. The molecule has 0 aliphatic carbocycles. The van der Waals surface area contributed by atoms with Gasteiger partial charge in [-0.1, -0.05) is 0 Å². The van der Waals surface area contributed by atoms with Crippen LogP contribution in [0, 0.1) is 5.82 Å². The molecular weight excluding hydrogens is 349 g/mol. The first-order chi connectivity index (χ1) is 13.1. The lowest BCUT2D eigenvalue weighted by molar-refractivity contribution is -0.131. The number of esters is 1. The number of hydrogen-bond acceptors (Lipinski definition) is 5. The molecule has 0 saturated heterocycles. The normalized spacial score (nSPS) is 10.7. The summed E-state index contributed by atoms with van der Waals surface area (Å²) in [6.45, 7) is 1.35. The minimum atomic E-state index is -0.377. The molecule has 134 valence electrons. The number of carbonyl (C=O) groups excluding carboxylic acids is 1. The molecule has 0 bridgehead atoms. The van der Waals surface area contributed by atoms with E-state index in [-0.39, 0.29) is 11.8 Å². The van der Waals surface area contributed by atoms with Crippen molar-refractivity contribution in [2.75, 3.05) is 0 Å². The van der Waals surface area contributed by atoms with Crippen LogP contribution in [0.2, 0.25) is 0 Å². The molecule has 1 heterocycles. The Bertz CT molecular complexity index is 1100. The summed E-state index contributed by atoms with van der Waals surface area (Å²) in [5.74, 6) is 1.28. The zero-order valence-corrected chi connectivity index (χ0v) is 14.3. The standard InChI is InChI=1S/C21H14FNO4/c1-13(24)25-16-6-2-14(3-7-16)21-23-19-11-10-18(12-20(19)27-21)26-17-8-4-15(22)5-9-17/h2-12H,1H3. The van der Waals surface area contributed by atoms with Crippen LogP contribution in [-0.4, -0.2) is 11.0 Å². The lowest BCUT2D eigenvalue weighted by atomic mass is 10.2. The predicted molar refractivity (Wildman–Crippen MR) is 97.2 cm³/mol. The number of halogens is 1. The van der Waals surface area contributed by atoms with Crippen LogP contribution in [0.4, 0.5) is 4.39 Å². The van der Waals surface area contributed by atoms with Crippen molar-refractivity contribution in [1.82, 2.24) is 4.98 Å². The van der Waals surface area contributed by atoms with Gasteiger partial charge in [0.25, 0.3) is 0 Å². The summed E-state index contributed by atoms with van der Waals surface area (Å²) >= 11 is 0. The SMILES string of the molecule is CC(=O)Oc1ccc(-c2nc3ccc(Oc4ccc(F)cc4)cc3o2)cc1. The first-order valence-electron chi connectivity index (χ1n) is 8.20. The van der Waals surface area contributed by atoms with E-state index in [1.807, 2.05) is 0 Å². The van der Waals surface area contributed by atoms with Crippen molar-refractivity contribution < 1.29 is 23.1 Å². The van der Waals surface area contributed by atoms with Gasteiger partial charge in [-0.3, -0.25) is 4.79 Å². The predicted octanol–water partition coefficient (Wildman–Crippen LogP) is 5.35. The van der Waals surface area contributed by atoms with Crippen molar-refractivity contribution in [3.8, 4) is 28.7 Å². The fourth-order valence-corrected chi connectivity index (χ4v) is 2.56. The molecular formula is C21H14FNO4. The average Bonchev–Trinajstić information content (AvgIpc) is 3.07. The van der Waals surface area contributed by atoms with Gasteiger partial charge >= 0.3 is 5.97 Å². The molecule has 27 heavy (non-hydrogen) atoms. The van der Waals surface area contributed by atoms with Crippen LogP contribution in [0.15, 0.2) is 71.1 Å². The summed E-state index contributed by atoms with van der Waals surface area (Å²) in [6, 6.07) is 17.9. The van der Waals surface area contributed by atoms with Gasteiger partial charge in [0.15, 0.2) is 5.58 Å². The Morgan fingerprint density at radius 1 is 0.926 bits per heavy atom. The Morgan fingerprint density at radius 2 is 1.59 bits per heavy atom. The number of ether oxygens (including phenoxy) is 2. The summed E-state index contributed by atoms with van der Waals surface area (Å²) in [5, 5.41) is 0. The fraction of sp³-hybridized carbons (Fsp3) is 0.0476. The number of nitrogens with zero attached hydrogens (tertiary/aromatic N) is 1. The van der Waals surface area contributed by atoms with E-state index in [2.05, 4.69) is 4.98 Å². The zero-order chi connectivity index (χ0) is 18.8. The first-order valence-corrected chi connectivity index (χ1v) is 8.20. The van der Waals surface area contributed by atoms with Gasteiger partial charge in [-0.15, -0.1) is 0 Å². The van der Waals surface area contributed by atoms with Gasteiger partial charge in [0.2, 0.25) is 5.89 Å². The molecule has 5 nitrogen and oxygen atoms in total. The van der Waals surface area contributed by atoms with Gasteiger partial charge < -0.3 is 13.9 Å². The summed E-state index contributed by atoms with van der Waals surface area (Å²) < 4.78 is 29.5. The first kappa shape index (κ1) is 16.8. The number of benzene rings is 3. The lowest BCUT2D eigenvalue weighted by Gasteiger charge is -2.04. The second kappa shape index (κ2) is 6.92. The smallest absolute Gasteiger partial charge is 0.308 e. The molecule has 0 saturated carbocycles. The summed E-state index contributed by atoms with van der Waals surface area (Å²) in [4.78, 5) is 15.4. The van der Waals surface area contributed by atoms with Crippen molar-refractivity contribution in [3.63, 3.8) is 0 Å². The molecule has 0 aliphatic heterocycles. The third kappa shape index (κ3) is 3.79. The van der Waals surface area contributed by atoms with E-state index in [0.717, 1.165) is 5.56 Å². The molecule has 6 heteroatoms. The number of carbonyl (C=O) groups is 1. The van der Waals surface area contributed by atoms with Gasteiger partial charge in [-0.05, 0) is 60.7 Å². The topological polar surface area (TPSA) is 61.6 Å². The highest BCUT2D eigenvalue weighted by atomic mass is 19.1. The van der Waals surface area contributed by atoms with Gasteiger partial charge in [-0.2, -0.15) is 0 Å². The van der Waals surface area contributed by atoms with Crippen LogP contribution in [-0.2, 0) is 4.79 Å². The monoisotopic (exact) mass is 363 g/mol. The number of hydrogen-bond donors (Lipinski definition) is 0. The maximum absolute atomic E-state index is 13.0. The van der Waals surface area contributed by atoms with Crippen molar-refractivity contribution >= 4 is 17.1 Å². The zero-order valence-electron chi connectivity index (χ0n) is 14.3. The van der Waals surface area contributed by atoms with Crippen molar-refractivity contribution in [2.45, 2.75) is 6.92 Å². The molecule has 4 rings (SSSR count). The molecule has 0 amide bonds. The third-order valence-electron chi connectivity index (χ3n) is 3.77. The Morgan fingerprint density at radius 3 is 2.30 bits per heavy atom.